The molecule has 0 spiro atoms. The van der Waals surface area contributed by atoms with Gasteiger partial charge in [-0.05, 0) is 30.9 Å². The number of non-ortho nitro benzene ring substituents is 1. The predicted molar refractivity (Wildman–Crippen MR) is 78.1 cm³/mol. The van der Waals surface area contributed by atoms with Crippen molar-refractivity contribution < 1.29 is 9.72 Å². The highest BCUT2D eigenvalue weighted by atomic mass is 35.5. The zero-order chi connectivity index (χ0) is 14.3. The van der Waals surface area contributed by atoms with Crippen LogP contribution in [0.5, 0.6) is 0 Å². The first-order valence-electron chi connectivity index (χ1n) is 5.77. The molecule has 1 amide bonds. The number of hydrogen-bond donors (Lipinski definition) is 1. The van der Waals surface area contributed by atoms with E-state index in [-0.39, 0.29) is 22.2 Å². The van der Waals surface area contributed by atoms with Crippen molar-refractivity contribution in [3.8, 4) is 0 Å². The second kappa shape index (κ2) is 8.01. The summed E-state index contributed by atoms with van der Waals surface area (Å²) in [6.45, 7) is 0.576. The number of hydrogen-bond acceptors (Lipinski definition) is 4. The molecule has 0 heterocycles. The Morgan fingerprint density at radius 3 is 2.79 bits per heavy atom. The Bertz CT molecular complexity index is 468. The molecule has 1 aromatic rings. The molecule has 19 heavy (non-hydrogen) atoms. The first kappa shape index (κ1) is 15.8. The maximum atomic E-state index is 11.8. The largest absolute Gasteiger partial charge is 0.352 e. The van der Waals surface area contributed by atoms with Gasteiger partial charge in [0, 0.05) is 18.7 Å². The minimum atomic E-state index is -0.546. The molecule has 1 aromatic carbocycles. The highest BCUT2D eigenvalue weighted by molar-refractivity contribution is 7.98. The number of carbonyl (C=O) groups is 1. The van der Waals surface area contributed by atoms with Crippen LogP contribution in [-0.4, -0.2) is 29.4 Å². The molecule has 1 N–H and O–H groups in total. The maximum absolute atomic E-state index is 11.8. The molecule has 0 atom stereocenters. The van der Waals surface area contributed by atoms with Crippen LogP contribution in [0.15, 0.2) is 18.2 Å². The van der Waals surface area contributed by atoms with Gasteiger partial charge in [-0.2, -0.15) is 11.8 Å². The van der Waals surface area contributed by atoms with Crippen LogP contribution in [-0.2, 0) is 0 Å². The molecule has 0 radical (unpaired) electrons. The lowest BCUT2D eigenvalue weighted by Crippen LogP contribution is -2.24. The van der Waals surface area contributed by atoms with Gasteiger partial charge in [0.2, 0.25) is 0 Å². The lowest BCUT2D eigenvalue weighted by molar-refractivity contribution is -0.384. The molecule has 0 saturated heterocycles. The van der Waals surface area contributed by atoms with Crippen LogP contribution in [0, 0.1) is 10.1 Å². The van der Waals surface area contributed by atoms with Crippen molar-refractivity contribution in [2.75, 3.05) is 18.6 Å². The molecule has 1 rings (SSSR count). The van der Waals surface area contributed by atoms with Gasteiger partial charge in [-0.3, -0.25) is 14.9 Å². The number of nitro benzene ring substituents is 1. The summed E-state index contributed by atoms with van der Waals surface area (Å²) in [5.41, 5.74) is 0.138. The Hall–Kier alpha value is -1.27. The van der Waals surface area contributed by atoms with Gasteiger partial charge < -0.3 is 5.32 Å². The van der Waals surface area contributed by atoms with Crippen LogP contribution >= 0.6 is 23.4 Å². The van der Waals surface area contributed by atoms with Crippen LogP contribution < -0.4 is 5.32 Å². The fourth-order valence-electron chi connectivity index (χ4n) is 1.47. The molecule has 5 nitrogen and oxygen atoms in total. The number of rotatable bonds is 7. The maximum Gasteiger partial charge on any atom is 0.270 e. The van der Waals surface area contributed by atoms with Crippen molar-refractivity contribution in [3.05, 3.63) is 38.9 Å². The van der Waals surface area contributed by atoms with Crippen molar-refractivity contribution in [1.29, 1.82) is 0 Å². The van der Waals surface area contributed by atoms with Gasteiger partial charge in [0.1, 0.15) is 0 Å². The van der Waals surface area contributed by atoms with Crippen molar-refractivity contribution >= 4 is 35.0 Å². The number of amides is 1. The minimum absolute atomic E-state index is 0.0933. The second-order valence-corrected chi connectivity index (χ2v) is 5.27. The van der Waals surface area contributed by atoms with E-state index in [1.165, 1.54) is 18.2 Å². The van der Waals surface area contributed by atoms with E-state index in [1.54, 1.807) is 11.8 Å². The summed E-state index contributed by atoms with van der Waals surface area (Å²) >= 11 is 7.63. The van der Waals surface area contributed by atoms with Gasteiger partial charge in [0.25, 0.3) is 11.6 Å². The standard InChI is InChI=1S/C12H15ClN2O3S/c1-19-7-3-2-6-14-12(16)10-5-4-9(15(17)18)8-11(10)13/h4-5,8H,2-3,6-7H2,1H3,(H,14,16). The fraction of sp³-hybridized carbons (Fsp3) is 0.417. The summed E-state index contributed by atoms with van der Waals surface area (Å²) in [5.74, 6) is 0.762. The first-order chi connectivity index (χ1) is 9.06. The predicted octanol–water partition coefficient (Wildman–Crippen LogP) is 3.12. The summed E-state index contributed by atoms with van der Waals surface area (Å²) in [6, 6.07) is 3.83. The molecule has 0 unspecified atom stereocenters. The van der Waals surface area contributed by atoms with Gasteiger partial charge >= 0.3 is 0 Å². The third-order valence-corrected chi connectivity index (χ3v) is 3.48. The van der Waals surface area contributed by atoms with Gasteiger partial charge in [-0.25, -0.2) is 0 Å². The quantitative estimate of drug-likeness (QED) is 0.477. The third-order valence-electron chi connectivity index (χ3n) is 2.47. The van der Waals surface area contributed by atoms with Gasteiger partial charge in [-0.15, -0.1) is 0 Å². The summed E-state index contributed by atoms with van der Waals surface area (Å²) in [6.07, 6.45) is 3.97. The molecule has 0 aromatic heterocycles. The molecule has 104 valence electrons. The molecule has 0 fully saturated rings. The minimum Gasteiger partial charge on any atom is -0.352 e. The molecule has 0 bridgehead atoms. The number of thioether (sulfide) groups is 1. The van der Waals surface area contributed by atoms with E-state index >= 15 is 0 Å². The second-order valence-electron chi connectivity index (χ2n) is 3.88. The van der Waals surface area contributed by atoms with E-state index in [0.29, 0.717) is 6.54 Å². The molecule has 0 saturated carbocycles. The summed E-state index contributed by atoms with van der Waals surface area (Å²) in [4.78, 5) is 21.8. The first-order valence-corrected chi connectivity index (χ1v) is 7.54. The van der Waals surface area contributed by atoms with Crippen LogP contribution in [0.4, 0.5) is 5.69 Å². The molecule has 0 aliphatic rings. The van der Waals surface area contributed by atoms with E-state index in [9.17, 15) is 14.9 Å². The molecule has 0 aliphatic carbocycles. The van der Waals surface area contributed by atoms with E-state index in [1.807, 2.05) is 6.26 Å². The number of carbonyl (C=O) groups excluding carboxylic acids is 1. The topological polar surface area (TPSA) is 72.2 Å². The number of benzene rings is 1. The number of unbranched alkanes of at least 4 members (excludes halogenated alkanes) is 1. The summed E-state index contributed by atoms with van der Waals surface area (Å²) in [7, 11) is 0. The average molecular weight is 303 g/mol. The van der Waals surface area contributed by atoms with Gasteiger partial charge in [0.15, 0.2) is 0 Å². The molecular weight excluding hydrogens is 288 g/mol. The van der Waals surface area contributed by atoms with Crippen molar-refractivity contribution in [2.45, 2.75) is 12.8 Å². The van der Waals surface area contributed by atoms with Crippen LogP contribution in [0.25, 0.3) is 0 Å². The average Bonchev–Trinajstić information content (AvgIpc) is 2.38. The van der Waals surface area contributed by atoms with E-state index in [4.69, 9.17) is 11.6 Å². The number of nitrogens with one attached hydrogen (secondary N) is 1. The van der Waals surface area contributed by atoms with Crippen molar-refractivity contribution in [1.82, 2.24) is 5.32 Å². The summed E-state index contributed by atoms with van der Waals surface area (Å²) < 4.78 is 0. The van der Waals surface area contributed by atoms with E-state index in [2.05, 4.69) is 5.32 Å². The highest BCUT2D eigenvalue weighted by Crippen LogP contribution is 2.22. The third kappa shape index (κ3) is 5.08. The zero-order valence-electron chi connectivity index (χ0n) is 10.5. The van der Waals surface area contributed by atoms with Gasteiger partial charge in [0.05, 0.1) is 15.5 Å². The molecule has 7 heteroatoms. The van der Waals surface area contributed by atoms with E-state index in [0.717, 1.165) is 18.6 Å². The highest BCUT2D eigenvalue weighted by Gasteiger charge is 2.14. The van der Waals surface area contributed by atoms with E-state index < -0.39 is 4.92 Å². The van der Waals surface area contributed by atoms with Crippen LogP contribution in [0.2, 0.25) is 5.02 Å². The number of nitrogens with zero attached hydrogens (tertiary/aromatic N) is 1. The van der Waals surface area contributed by atoms with Crippen molar-refractivity contribution in [2.24, 2.45) is 0 Å². The monoisotopic (exact) mass is 302 g/mol. The van der Waals surface area contributed by atoms with Crippen molar-refractivity contribution in [3.63, 3.8) is 0 Å². The lowest BCUT2D eigenvalue weighted by atomic mass is 10.2. The molecular formula is C12H15ClN2O3S. The zero-order valence-corrected chi connectivity index (χ0v) is 12.1. The SMILES string of the molecule is CSCCCCNC(=O)c1ccc([N+](=O)[O-])cc1Cl. The van der Waals surface area contributed by atoms with Crippen LogP contribution in [0.3, 0.4) is 0 Å². The summed E-state index contributed by atoms with van der Waals surface area (Å²) in [5, 5.41) is 13.4. The number of halogens is 1. The Morgan fingerprint density at radius 2 is 2.21 bits per heavy atom. The number of nitro groups is 1. The normalized spacial score (nSPS) is 10.2. The Labute approximate surface area is 120 Å². The fourth-order valence-corrected chi connectivity index (χ4v) is 2.22. The van der Waals surface area contributed by atoms with Crippen LogP contribution in [0.1, 0.15) is 23.2 Å². The Kier molecular flexibility index (Phi) is 6.66. The van der Waals surface area contributed by atoms with Gasteiger partial charge in [-0.1, -0.05) is 11.6 Å². The Balaban J connectivity index is 2.55. The smallest absolute Gasteiger partial charge is 0.270 e. The Morgan fingerprint density at radius 1 is 1.47 bits per heavy atom. The molecule has 0 aliphatic heterocycles. The lowest BCUT2D eigenvalue weighted by Gasteiger charge is -2.06.